The van der Waals surface area contributed by atoms with E-state index in [0.717, 1.165) is 5.69 Å². The van der Waals surface area contributed by atoms with Gasteiger partial charge in [-0.3, -0.25) is 4.79 Å². The number of carbonyl (C=O) groups excluding carboxylic acids is 1. The average Bonchev–Trinajstić information content (AvgIpc) is 2.38. The molecule has 0 aliphatic rings. The maximum absolute atomic E-state index is 11.2. The van der Waals surface area contributed by atoms with Crippen LogP contribution < -0.4 is 4.90 Å². The van der Waals surface area contributed by atoms with Gasteiger partial charge in [-0.2, -0.15) is 12.6 Å². The maximum atomic E-state index is 11.2. The lowest BCUT2D eigenvalue weighted by molar-refractivity contribution is -0.140. The predicted octanol–water partition coefficient (Wildman–Crippen LogP) is 1.44. The van der Waals surface area contributed by atoms with Gasteiger partial charge in [-0.25, -0.2) is 4.79 Å². The van der Waals surface area contributed by atoms with Gasteiger partial charge in [0.2, 0.25) is 0 Å². The fraction of sp³-hybridized carbons (Fsp3) is 0.385. The molecule has 1 aromatic carbocycles. The molecule has 0 spiro atoms. The minimum atomic E-state index is -0.957. The van der Waals surface area contributed by atoms with Gasteiger partial charge >= 0.3 is 11.9 Å². The number of hydrogen-bond acceptors (Lipinski definition) is 5. The Morgan fingerprint density at radius 1 is 1.37 bits per heavy atom. The Kier molecular flexibility index (Phi) is 6.21. The van der Waals surface area contributed by atoms with E-state index in [1.54, 1.807) is 4.90 Å². The number of nitrogens with zero attached hydrogens (tertiary/aromatic N) is 1. The molecule has 5 nitrogen and oxygen atoms in total. The van der Waals surface area contributed by atoms with E-state index in [-0.39, 0.29) is 18.3 Å². The van der Waals surface area contributed by atoms with E-state index >= 15 is 0 Å². The van der Waals surface area contributed by atoms with Gasteiger partial charge in [0.25, 0.3) is 0 Å². The number of carboxylic acid groups (broad SMARTS) is 1. The predicted molar refractivity (Wildman–Crippen MR) is 75.7 cm³/mol. The van der Waals surface area contributed by atoms with Crippen LogP contribution in [-0.4, -0.2) is 42.0 Å². The van der Waals surface area contributed by atoms with Crippen LogP contribution in [0.25, 0.3) is 0 Å². The first-order valence-corrected chi connectivity index (χ1v) is 6.48. The minimum absolute atomic E-state index is 0.141. The summed E-state index contributed by atoms with van der Waals surface area (Å²) in [4.78, 5) is 23.7. The van der Waals surface area contributed by atoms with Crippen LogP contribution in [0.4, 0.5) is 5.69 Å². The zero-order chi connectivity index (χ0) is 14.3. The van der Waals surface area contributed by atoms with Crippen molar-refractivity contribution >= 4 is 30.3 Å². The van der Waals surface area contributed by atoms with Crippen molar-refractivity contribution in [1.82, 2.24) is 0 Å². The Bertz CT molecular complexity index is 424. The third-order valence-corrected chi connectivity index (χ3v) is 2.91. The van der Waals surface area contributed by atoms with Gasteiger partial charge in [-0.1, -0.05) is 18.2 Å². The molecule has 0 saturated carbocycles. The Morgan fingerprint density at radius 3 is 2.47 bits per heavy atom. The number of hydrogen-bond donors (Lipinski definition) is 2. The molecule has 1 atom stereocenters. The van der Waals surface area contributed by atoms with Crippen LogP contribution >= 0.6 is 12.6 Å². The number of anilines is 1. The highest BCUT2D eigenvalue weighted by Gasteiger charge is 2.24. The third kappa shape index (κ3) is 4.82. The van der Waals surface area contributed by atoms with Crippen LogP contribution in [0.1, 0.15) is 6.92 Å². The Labute approximate surface area is 117 Å². The van der Waals surface area contributed by atoms with E-state index in [4.69, 9.17) is 4.74 Å². The largest absolute Gasteiger partial charge is 0.480 e. The van der Waals surface area contributed by atoms with Gasteiger partial charge in [0.15, 0.2) is 0 Å². The maximum Gasteiger partial charge on any atom is 0.327 e. The van der Waals surface area contributed by atoms with Crippen molar-refractivity contribution in [2.45, 2.75) is 13.0 Å². The van der Waals surface area contributed by atoms with Gasteiger partial charge in [0.05, 0.1) is 6.54 Å². The SMILES string of the molecule is CC(=O)OCCN(c1ccccc1)C(CS)C(=O)O. The molecule has 6 heteroatoms. The number of carbonyl (C=O) groups is 2. The zero-order valence-electron chi connectivity index (χ0n) is 10.7. The number of ether oxygens (including phenoxy) is 1. The zero-order valence-corrected chi connectivity index (χ0v) is 11.5. The van der Waals surface area contributed by atoms with E-state index in [2.05, 4.69) is 12.6 Å². The first-order chi connectivity index (χ1) is 9.06. The second-order valence-corrected chi connectivity index (χ2v) is 4.27. The summed E-state index contributed by atoms with van der Waals surface area (Å²) in [6.45, 7) is 1.77. The summed E-state index contributed by atoms with van der Waals surface area (Å²) < 4.78 is 4.87. The molecule has 1 rings (SSSR count). The molecule has 1 aromatic rings. The number of benzene rings is 1. The fourth-order valence-electron chi connectivity index (χ4n) is 1.68. The standard InChI is InChI=1S/C13H17NO4S/c1-10(15)18-8-7-14(12(9-19)13(16)17)11-5-3-2-4-6-11/h2-6,12,19H,7-9H2,1H3,(H,16,17). The van der Waals surface area contributed by atoms with E-state index in [0.29, 0.717) is 6.54 Å². The fourth-order valence-corrected chi connectivity index (χ4v) is 2.04. The molecule has 0 radical (unpaired) electrons. The Hall–Kier alpha value is -1.69. The van der Waals surface area contributed by atoms with Crippen LogP contribution in [0.3, 0.4) is 0 Å². The van der Waals surface area contributed by atoms with Crippen LogP contribution in [0.15, 0.2) is 30.3 Å². The molecule has 1 unspecified atom stereocenters. The Balaban J connectivity index is 2.84. The molecule has 0 bridgehead atoms. The van der Waals surface area contributed by atoms with E-state index in [9.17, 15) is 14.7 Å². The highest BCUT2D eigenvalue weighted by Crippen LogP contribution is 2.17. The lowest BCUT2D eigenvalue weighted by Gasteiger charge is -2.29. The van der Waals surface area contributed by atoms with E-state index in [1.807, 2.05) is 30.3 Å². The molecule has 0 aromatic heterocycles. The smallest absolute Gasteiger partial charge is 0.327 e. The molecular weight excluding hydrogens is 266 g/mol. The quantitative estimate of drug-likeness (QED) is 0.585. The lowest BCUT2D eigenvalue weighted by atomic mass is 10.2. The number of thiol groups is 1. The Morgan fingerprint density at radius 2 is 2.00 bits per heavy atom. The summed E-state index contributed by atoms with van der Waals surface area (Å²) in [5.74, 6) is -1.17. The number of esters is 1. The van der Waals surface area contributed by atoms with Crippen LogP contribution in [0.2, 0.25) is 0 Å². The van der Waals surface area contributed by atoms with Crippen LogP contribution in [-0.2, 0) is 14.3 Å². The van der Waals surface area contributed by atoms with Crippen LogP contribution in [0, 0.1) is 0 Å². The molecular formula is C13H17NO4S. The number of rotatable bonds is 7. The molecule has 0 saturated heterocycles. The normalized spacial score (nSPS) is 11.7. The summed E-state index contributed by atoms with van der Waals surface area (Å²) >= 11 is 4.08. The van der Waals surface area contributed by atoms with Crippen molar-refractivity contribution in [1.29, 1.82) is 0 Å². The monoisotopic (exact) mass is 283 g/mol. The molecule has 0 fully saturated rings. The first kappa shape index (κ1) is 15.4. The molecule has 0 aliphatic heterocycles. The number of aliphatic carboxylic acids is 1. The number of carboxylic acids is 1. The van der Waals surface area contributed by atoms with Crippen molar-refractivity contribution in [3.63, 3.8) is 0 Å². The molecule has 0 amide bonds. The molecule has 19 heavy (non-hydrogen) atoms. The average molecular weight is 283 g/mol. The van der Waals surface area contributed by atoms with Gasteiger partial charge in [0, 0.05) is 18.4 Å². The summed E-state index contributed by atoms with van der Waals surface area (Å²) in [5.41, 5.74) is 0.760. The molecule has 1 N–H and O–H groups in total. The summed E-state index contributed by atoms with van der Waals surface area (Å²) in [6, 6.07) is 8.36. The molecule has 0 aliphatic carbocycles. The van der Waals surface area contributed by atoms with Gasteiger partial charge in [0.1, 0.15) is 12.6 Å². The second kappa shape index (κ2) is 7.68. The first-order valence-electron chi connectivity index (χ1n) is 5.85. The topological polar surface area (TPSA) is 66.8 Å². The van der Waals surface area contributed by atoms with Crippen molar-refractivity contribution in [2.24, 2.45) is 0 Å². The summed E-state index contributed by atoms with van der Waals surface area (Å²) in [5, 5.41) is 9.22. The van der Waals surface area contributed by atoms with Gasteiger partial charge < -0.3 is 14.7 Å². The minimum Gasteiger partial charge on any atom is -0.480 e. The van der Waals surface area contributed by atoms with E-state index in [1.165, 1.54) is 6.92 Å². The van der Waals surface area contributed by atoms with Gasteiger partial charge in [-0.15, -0.1) is 0 Å². The van der Waals surface area contributed by atoms with Crippen LogP contribution in [0.5, 0.6) is 0 Å². The van der Waals surface area contributed by atoms with Crippen molar-refractivity contribution in [3.8, 4) is 0 Å². The van der Waals surface area contributed by atoms with Crippen molar-refractivity contribution in [3.05, 3.63) is 30.3 Å². The van der Waals surface area contributed by atoms with E-state index < -0.39 is 12.0 Å². The summed E-state index contributed by atoms with van der Waals surface area (Å²) in [7, 11) is 0. The van der Waals surface area contributed by atoms with Crippen molar-refractivity contribution < 1.29 is 19.4 Å². The second-order valence-electron chi connectivity index (χ2n) is 3.91. The van der Waals surface area contributed by atoms with Crippen molar-refractivity contribution in [2.75, 3.05) is 23.8 Å². The molecule has 0 heterocycles. The lowest BCUT2D eigenvalue weighted by Crippen LogP contribution is -2.44. The highest BCUT2D eigenvalue weighted by atomic mass is 32.1. The summed E-state index contributed by atoms with van der Waals surface area (Å²) in [6.07, 6.45) is 0. The van der Waals surface area contributed by atoms with Gasteiger partial charge in [-0.05, 0) is 12.1 Å². The highest BCUT2D eigenvalue weighted by molar-refractivity contribution is 7.80. The number of para-hydroxylation sites is 1. The third-order valence-electron chi connectivity index (χ3n) is 2.56. The molecule has 104 valence electrons.